The molecule has 0 atom stereocenters. The van der Waals surface area contributed by atoms with Crippen molar-refractivity contribution in [2.75, 3.05) is 31.6 Å². The number of nitrogens with zero attached hydrogens (tertiary/aromatic N) is 4. The summed E-state index contributed by atoms with van der Waals surface area (Å²) in [4.78, 5) is 19.3. The number of benzene rings is 2. The van der Waals surface area contributed by atoms with Crippen molar-refractivity contribution in [2.45, 2.75) is 20.3 Å². The molecule has 0 bridgehead atoms. The molecule has 3 heterocycles. The van der Waals surface area contributed by atoms with Crippen LogP contribution in [0.15, 0.2) is 60.9 Å². The molecule has 1 aliphatic heterocycles. The first-order chi connectivity index (χ1) is 16.6. The quantitative estimate of drug-likeness (QED) is 0.413. The monoisotopic (exact) mass is 473 g/mol. The minimum atomic E-state index is -0.0480. The summed E-state index contributed by atoms with van der Waals surface area (Å²) in [5.74, 6) is 0.768. The Labute approximate surface area is 202 Å². The lowest BCUT2D eigenvalue weighted by molar-refractivity contribution is -0.117. The lowest BCUT2D eigenvalue weighted by Crippen LogP contribution is -2.36. The number of nitrogens with one attached hydrogen (secondary N) is 1. The van der Waals surface area contributed by atoms with Gasteiger partial charge in [-0.15, -0.1) is 0 Å². The molecule has 0 saturated carbocycles. The maximum absolute atomic E-state index is 12.6. The van der Waals surface area contributed by atoms with Gasteiger partial charge in [-0.05, 0) is 56.2 Å². The lowest BCUT2D eigenvalue weighted by atomic mass is 10.0. The number of rotatable bonds is 7. The van der Waals surface area contributed by atoms with Crippen LogP contribution in [0.4, 0.5) is 5.13 Å². The molecule has 0 spiro atoms. The second-order valence-corrected chi connectivity index (χ2v) is 9.38. The standard InChI is InChI=1S/C26H27N5O2S/c1-3-33-22-8-9-23-24(14-22)34-26(28-23)29-25(32)17-30-12-10-19(11-13-30)20-15-27-31(16-20)21-6-4-18(2)5-7-21/h4-10,14-16H,3,11-13,17H2,1-2H3,(H,28,29,32). The number of hydrogen-bond donors (Lipinski definition) is 1. The summed E-state index contributed by atoms with van der Waals surface area (Å²) in [6, 6.07) is 14.1. The topological polar surface area (TPSA) is 72.3 Å². The minimum Gasteiger partial charge on any atom is -0.494 e. The summed E-state index contributed by atoms with van der Waals surface area (Å²) in [6.07, 6.45) is 7.07. The van der Waals surface area contributed by atoms with E-state index in [0.29, 0.717) is 18.3 Å². The van der Waals surface area contributed by atoms with Crippen LogP contribution in [0.2, 0.25) is 0 Å². The Morgan fingerprint density at radius 1 is 1.21 bits per heavy atom. The number of carbonyl (C=O) groups excluding carboxylic acids is 1. The number of thiazole rings is 1. The average molecular weight is 474 g/mol. The number of amides is 1. The molecule has 4 aromatic rings. The highest BCUT2D eigenvalue weighted by Gasteiger charge is 2.18. The van der Waals surface area contributed by atoms with E-state index in [1.165, 1.54) is 22.5 Å². The van der Waals surface area contributed by atoms with Gasteiger partial charge in [-0.1, -0.05) is 35.1 Å². The molecule has 1 N–H and O–H groups in total. The maximum Gasteiger partial charge on any atom is 0.240 e. The molecule has 0 saturated heterocycles. The molecule has 2 aromatic heterocycles. The van der Waals surface area contributed by atoms with E-state index in [9.17, 15) is 4.79 Å². The van der Waals surface area contributed by atoms with E-state index in [-0.39, 0.29) is 5.91 Å². The maximum atomic E-state index is 12.6. The molecule has 0 aliphatic carbocycles. The molecule has 34 heavy (non-hydrogen) atoms. The second kappa shape index (κ2) is 9.79. The Morgan fingerprint density at radius 3 is 2.82 bits per heavy atom. The number of carbonyl (C=O) groups is 1. The predicted octanol–water partition coefficient (Wildman–Crippen LogP) is 4.92. The fourth-order valence-corrected chi connectivity index (χ4v) is 4.93. The number of aromatic nitrogens is 3. The van der Waals surface area contributed by atoms with Gasteiger partial charge in [0.1, 0.15) is 5.75 Å². The molecule has 174 valence electrons. The van der Waals surface area contributed by atoms with Crippen LogP contribution in [0, 0.1) is 6.92 Å². The van der Waals surface area contributed by atoms with E-state index in [1.54, 1.807) is 0 Å². The van der Waals surface area contributed by atoms with Crippen LogP contribution in [-0.2, 0) is 4.79 Å². The average Bonchev–Trinajstić information content (AvgIpc) is 3.47. The highest BCUT2D eigenvalue weighted by Crippen LogP contribution is 2.29. The van der Waals surface area contributed by atoms with Crippen molar-refractivity contribution < 1.29 is 9.53 Å². The van der Waals surface area contributed by atoms with Crippen LogP contribution < -0.4 is 10.1 Å². The molecule has 0 unspecified atom stereocenters. The van der Waals surface area contributed by atoms with Crippen LogP contribution in [-0.4, -0.2) is 51.8 Å². The highest BCUT2D eigenvalue weighted by atomic mass is 32.1. The van der Waals surface area contributed by atoms with E-state index in [0.717, 1.165) is 46.7 Å². The Balaban J connectivity index is 1.17. The summed E-state index contributed by atoms with van der Waals surface area (Å²) in [6.45, 7) is 6.55. The smallest absolute Gasteiger partial charge is 0.240 e. The van der Waals surface area contributed by atoms with E-state index in [1.807, 2.05) is 36.0 Å². The molecule has 0 fully saturated rings. The third-order valence-corrected chi connectivity index (χ3v) is 6.76. The predicted molar refractivity (Wildman–Crippen MR) is 137 cm³/mol. The molecule has 8 heteroatoms. The summed E-state index contributed by atoms with van der Waals surface area (Å²) < 4.78 is 8.45. The molecule has 7 nitrogen and oxygen atoms in total. The van der Waals surface area contributed by atoms with Crippen LogP contribution in [0.3, 0.4) is 0 Å². The Morgan fingerprint density at radius 2 is 2.06 bits per heavy atom. The van der Waals surface area contributed by atoms with E-state index < -0.39 is 0 Å². The number of anilines is 1. The SMILES string of the molecule is CCOc1ccc2nc(NC(=O)CN3CC=C(c4cnn(-c5ccc(C)cc5)c4)CC3)sc2c1. The molecular formula is C26H27N5O2S. The van der Waals surface area contributed by atoms with Gasteiger partial charge in [0.15, 0.2) is 5.13 Å². The normalized spacial score (nSPS) is 14.2. The molecule has 2 aromatic carbocycles. The first-order valence-electron chi connectivity index (χ1n) is 11.4. The number of aryl methyl sites for hydroxylation is 1. The molecule has 5 rings (SSSR count). The zero-order valence-electron chi connectivity index (χ0n) is 19.3. The fourth-order valence-electron chi connectivity index (χ4n) is 4.02. The number of fused-ring (bicyclic) bond motifs is 1. The van der Waals surface area contributed by atoms with Crippen LogP contribution >= 0.6 is 11.3 Å². The lowest BCUT2D eigenvalue weighted by Gasteiger charge is -2.25. The number of ether oxygens (including phenoxy) is 1. The Kier molecular flexibility index (Phi) is 6.42. The largest absolute Gasteiger partial charge is 0.494 e. The fraction of sp³-hybridized carbons (Fsp3) is 0.269. The van der Waals surface area contributed by atoms with Crippen molar-refractivity contribution in [3.05, 3.63) is 72.1 Å². The van der Waals surface area contributed by atoms with Crippen LogP contribution in [0.1, 0.15) is 24.5 Å². The summed E-state index contributed by atoms with van der Waals surface area (Å²) >= 11 is 1.46. The third-order valence-electron chi connectivity index (χ3n) is 5.83. The third kappa shape index (κ3) is 5.03. The van der Waals surface area contributed by atoms with Crippen LogP contribution in [0.5, 0.6) is 5.75 Å². The van der Waals surface area contributed by atoms with Gasteiger partial charge < -0.3 is 10.1 Å². The van der Waals surface area contributed by atoms with Crippen molar-refractivity contribution in [2.24, 2.45) is 0 Å². The summed E-state index contributed by atoms with van der Waals surface area (Å²) in [7, 11) is 0. The minimum absolute atomic E-state index is 0.0480. The van der Waals surface area contributed by atoms with E-state index in [4.69, 9.17) is 4.74 Å². The van der Waals surface area contributed by atoms with Gasteiger partial charge in [0, 0.05) is 24.8 Å². The summed E-state index contributed by atoms with van der Waals surface area (Å²) in [5, 5.41) is 8.09. The second-order valence-electron chi connectivity index (χ2n) is 8.35. The zero-order valence-corrected chi connectivity index (χ0v) is 20.1. The Bertz CT molecular complexity index is 1340. The van der Waals surface area contributed by atoms with E-state index >= 15 is 0 Å². The van der Waals surface area contributed by atoms with Gasteiger partial charge in [-0.25, -0.2) is 9.67 Å². The van der Waals surface area contributed by atoms with Gasteiger partial charge in [-0.2, -0.15) is 5.10 Å². The van der Waals surface area contributed by atoms with Crippen molar-refractivity contribution in [1.82, 2.24) is 19.7 Å². The molecule has 1 aliphatic rings. The molecule has 0 radical (unpaired) electrons. The van der Waals surface area contributed by atoms with Crippen molar-refractivity contribution in [1.29, 1.82) is 0 Å². The first kappa shape index (κ1) is 22.3. The van der Waals surface area contributed by atoms with Crippen molar-refractivity contribution >= 4 is 38.2 Å². The van der Waals surface area contributed by atoms with Crippen molar-refractivity contribution in [3.63, 3.8) is 0 Å². The molecule has 1 amide bonds. The van der Waals surface area contributed by atoms with Gasteiger partial charge in [0.25, 0.3) is 0 Å². The van der Waals surface area contributed by atoms with Gasteiger partial charge in [0.05, 0.1) is 35.3 Å². The van der Waals surface area contributed by atoms with Crippen LogP contribution in [0.25, 0.3) is 21.5 Å². The van der Waals surface area contributed by atoms with E-state index in [2.05, 4.69) is 63.8 Å². The summed E-state index contributed by atoms with van der Waals surface area (Å²) in [5.41, 5.74) is 5.54. The Hall–Kier alpha value is -3.49. The zero-order chi connectivity index (χ0) is 23.5. The molecular weight excluding hydrogens is 446 g/mol. The van der Waals surface area contributed by atoms with Gasteiger partial charge >= 0.3 is 0 Å². The first-order valence-corrected chi connectivity index (χ1v) is 12.3. The number of hydrogen-bond acceptors (Lipinski definition) is 6. The van der Waals surface area contributed by atoms with Crippen molar-refractivity contribution in [3.8, 4) is 11.4 Å². The highest BCUT2D eigenvalue weighted by molar-refractivity contribution is 7.22. The van der Waals surface area contributed by atoms with Gasteiger partial charge in [-0.3, -0.25) is 9.69 Å². The van der Waals surface area contributed by atoms with Gasteiger partial charge in [0.2, 0.25) is 5.91 Å².